The van der Waals surface area contributed by atoms with Crippen LogP contribution in [0.25, 0.3) is 11.3 Å². The van der Waals surface area contributed by atoms with Gasteiger partial charge in [0, 0.05) is 43.8 Å². The summed E-state index contributed by atoms with van der Waals surface area (Å²) >= 11 is 0. The summed E-state index contributed by atoms with van der Waals surface area (Å²) in [6.45, 7) is 0.494. The Hall–Kier alpha value is -3.09. The molecule has 2 aromatic heterocycles. The molecule has 0 radical (unpaired) electrons. The average molecular weight is 357 g/mol. The minimum absolute atomic E-state index is 0.130. The molecule has 2 heterocycles. The number of carbonyl (C=O) groups excluding carboxylic acids is 1. The third-order valence-electron chi connectivity index (χ3n) is 3.75. The van der Waals surface area contributed by atoms with Crippen molar-refractivity contribution in [2.45, 2.75) is 19.3 Å². The maximum Gasteiger partial charge on any atom is 0.220 e. The lowest BCUT2D eigenvalue weighted by atomic mass is 10.2. The first kappa shape index (κ1) is 17.7. The number of hydrogen-bond acceptors (Lipinski definition) is 4. The van der Waals surface area contributed by atoms with Gasteiger partial charge in [0.2, 0.25) is 5.91 Å². The van der Waals surface area contributed by atoms with Crippen molar-refractivity contribution in [2.75, 3.05) is 6.54 Å². The number of nitrogens with one attached hydrogen (secondary N) is 1. The van der Waals surface area contributed by atoms with Crippen LogP contribution in [0.4, 0.5) is 8.78 Å². The molecule has 0 saturated heterocycles. The molecule has 0 aliphatic carbocycles. The van der Waals surface area contributed by atoms with Gasteiger partial charge in [-0.1, -0.05) is 6.07 Å². The van der Waals surface area contributed by atoms with Gasteiger partial charge in [-0.25, -0.2) is 13.8 Å². The number of aromatic nitrogens is 2. The van der Waals surface area contributed by atoms with Crippen LogP contribution >= 0.6 is 0 Å². The molecule has 1 aromatic carbocycles. The van der Waals surface area contributed by atoms with Crippen molar-refractivity contribution >= 4 is 5.91 Å². The van der Waals surface area contributed by atoms with Crippen molar-refractivity contribution < 1.29 is 18.0 Å². The van der Waals surface area contributed by atoms with Crippen molar-refractivity contribution in [1.29, 1.82) is 0 Å². The van der Waals surface area contributed by atoms with Crippen LogP contribution in [-0.4, -0.2) is 22.4 Å². The largest absolute Gasteiger partial charge is 0.441 e. The minimum Gasteiger partial charge on any atom is -0.441 e. The lowest BCUT2D eigenvalue weighted by Gasteiger charge is -2.04. The highest BCUT2D eigenvalue weighted by Gasteiger charge is 2.13. The number of carbonyl (C=O) groups is 1. The second kappa shape index (κ2) is 8.33. The standard InChI is InChI=1S/C19H17F2N3O2/c20-13-4-5-15(16(21)11-13)17-12-24-19(26-17)7-6-18(25)23-10-8-14-3-1-2-9-22-14/h1-5,9,11-12H,6-8,10H2,(H,23,25). The second-order valence-corrected chi connectivity index (χ2v) is 5.66. The quantitative estimate of drug-likeness (QED) is 0.704. The molecule has 26 heavy (non-hydrogen) atoms. The molecule has 1 amide bonds. The van der Waals surface area contributed by atoms with Crippen LogP contribution in [-0.2, 0) is 17.6 Å². The van der Waals surface area contributed by atoms with Crippen molar-refractivity contribution in [3.8, 4) is 11.3 Å². The Kier molecular flexibility index (Phi) is 5.68. The maximum atomic E-state index is 13.7. The third kappa shape index (κ3) is 4.72. The Morgan fingerprint density at radius 1 is 1.12 bits per heavy atom. The number of aryl methyl sites for hydroxylation is 1. The van der Waals surface area contributed by atoms with Crippen molar-refractivity contribution in [2.24, 2.45) is 0 Å². The van der Waals surface area contributed by atoms with Gasteiger partial charge < -0.3 is 9.73 Å². The number of pyridine rings is 1. The van der Waals surface area contributed by atoms with E-state index in [2.05, 4.69) is 15.3 Å². The summed E-state index contributed by atoms with van der Waals surface area (Å²) in [5, 5.41) is 2.81. The molecule has 3 aromatic rings. The first-order valence-corrected chi connectivity index (χ1v) is 8.18. The van der Waals surface area contributed by atoms with Gasteiger partial charge in [-0.2, -0.15) is 0 Å². The zero-order chi connectivity index (χ0) is 18.4. The summed E-state index contributed by atoms with van der Waals surface area (Å²) in [7, 11) is 0. The fraction of sp³-hybridized carbons (Fsp3) is 0.211. The molecule has 0 spiro atoms. The van der Waals surface area contributed by atoms with Crippen molar-refractivity contribution in [3.63, 3.8) is 0 Å². The Balaban J connectivity index is 1.47. The molecule has 0 saturated carbocycles. The Bertz CT molecular complexity index is 882. The molecule has 0 unspecified atom stereocenters. The summed E-state index contributed by atoms with van der Waals surface area (Å²) in [6, 6.07) is 8.86. The van der Waals surface area contributed by atoms with Crippen LogP contribution < -0.4 is 5.32 Å². The van der Waals surface area contributed by atoms with E-state index in [1.54, 1.807) is 6.20 Å². The topological polar surface area (TPSA) is 68.0 Å². The number of hydrogen-bond donors (Lipinski definition) is 1. The molecular formula is C19H17F2N3O2. The molecule has 134 valence electrons. The number of benzene rings is 1. The van der Waals surface area contributed by atoms with E-state index in [0.717, 1.165) is 17.8 Å². The molecule has 7 heteroatoms. The lowest BCUT2D eigenvalue weighted by molar-refractivity contribution is -0.121. The molecule has 3 rings (SSSR count). The van der Waals surface area contributed by atoms with E-state index in [-0.39, 0.29) is 30.1 Å². The predicted molar refractivity (Wildman–Crippen MR) is 91.1 cm³/mol. The second-order valence-electron chi connectivity index (χ2n) is 5.66. The summed E-state index contributed by atoms with van der Waals surface area (Å²) in [6.07, 6.45) is 4.22. The fourth-order valence-corrected chi connectivity index (χ4v) is 2.42. The third-order valence-corrected chi connectivity index (χ3v) is 3.75. The minimum atomic E-state index is -0.722. The van der Waals surface area contributed by atoms with Crippen LogP contribution in [0, 0.1) is 11.6 Å². The summed E-state index contributed by atoms with van der Waals surface area (Å²) in [5.74, 6) is -0.987. The molecule has 0 fully saturated rings. The van der Waals surface area contributed by atoms with Gasteiger partial charge in [-0.15, -0.1) is 0 Å². The molecular weight excluding hydrogens is 340 g/mol. The van der Waals surface area contributed by atoms with Gasteiger partial charge >= 0.3 is 0 Å². The number of halogens is 2. The van der Waals surface area contributed by atoms with Crippen LogP contribution in [0.15, 0.2) is 53.2 Å². The highest BCUT2D eigenvalue weighted by Crippen LogP contribution is 2.24. The number of rotatable bonds is 7. The maximum absolute atomic E-state index is 13.7. The normalized spacial score (nSPS) is 10.7. The molecule has 0 atom stereocenters. The monoisotopic (exact) mass is 357 g/mol. The zero-order valence-electron chi connectivity index (χ0n) is 13.9. The zero-order valence-corrected chi connectivity index (χ0v) is 13.9. The predicted octanol–water partition coefficient (Wildman–Crippen LogP) is 3.31. The Labute approximate surface area is 149 Å². The van der Waals surface area contributed by atoms with Gasteiger partial charge in [-0.05, 0) is 24.3 Å². The van der Waals surface area contributed by atoms with Gasteiger partial charge in [0.15, 0.2) is 11.7 Å². The van der Waals surface area contributed by atoms with Crippen LogP contribution in [0.1, 0.15) is 18.0 Å². The van der Waals surface area contributed by atoms with E-state index < -0.39 is 11.6 Å². The summed E-state index contributed by atoms with van der Waals surface area (Å²) in [5.41, 5.74) is 1.04. The van der Waals surface area contributed by atoms with Crippen LogP contribution in [0.2, 0.25) is 0 Å². The van der Waals surface area contributed by atoms with E-state index in [9.17, 15) is 13.6 Å². The highest BCUT2D eigenvalue weighted by atomic mass is 19.1. The van der Waals surface area contributed by atoms with Crippen molar-refractivity contribution in [1.82, 2.24) is 15.3 Å². The number of oxazole rings is 1. The number of amides is 1. The molecule has 0 aliphatic rings. The summed E-state index contributed by atoms with van der Waals surface area (Å²) < 4.78 is 32.1. The Morgan fingerprint density at radius 2 is 2.00 bits per heavy atom. The SMILES string of the molecule is O=C(CCc1ncc(-c2ccc(F)cc2F)o1)NCCc1ccccn1. The van der Waals surface area contributed by atoms with Crippen molar-refractivity contribution in [3.05, 3.63) is 72.0 Å². The van der Waals surface area contributed by atoms with Gasteiger partial charge in [0.25, 0.3) is 0 Å². The number of nitrogens with zero attached hydrogens (tertiary/aromatic N) is 2. The summed E-state index contributed by atoms with van der Waals surface area (Å²) in [4.78, 5) is 20.1. The smallest absolute Gasteiger partial charge is 0.220 e. The van der Waals surface area contributed by atoms with E-state index in [0.29, 0.717) is 18.9 Å². The lowest BCUT2D eigenvalue weighted by Crippen LogP contribution is -2.26. The molecule has 0 aliphatic heterocycles. The average Bonchev–Trinajstić information content (AvgIpc) is 3.09. The first-order valence-electron chi connectivity index (χ1n) is 8.18. The van der Waals surface area contributed by atoms with E-state index >= 15 is 0 Å². The van der Waals surface area contributed by atoms with E-state index in [1.165, 1.54) is 12.3 Å². The molecule has 5 nitrogen and oxygen atoms in total. The van der Waals surface area contributed by atoms with Gasteiger partial charge in [0.1, 0.15) is 11.6 Å². The van der Waals surface area contributed by atoms with Gasteiger partial charge in [0.05, 0.1) is 11.8 Å². The fourth-order valence-electron chi connectivity index (χ4n) is 2.42. The first-order chi connectivity index (χ1) is 12.6. The van der Waals surface area contributed by atoms with Crippen LogP contribution in [0.5, 0.6) is 0 Å². The molecule has 1 N–H and O–H groups in total. The highest BCUT2D eigenvalue weighted by molar-refractivity contribution is 5.76. The van der Waals surface area contributed by atoms with Gasteiger partial charge in [-0.3, -0.25) is 9.78 Å². The van der Waals surface area contributed by atoms with Crippen LogP contribution in [0.3, 0.4) is 0 Å². The van der Waals surface area contributed by atoms with E-state index in [1.807, 2.05) is 18.2 Å². The molecule has 0 bridgehead atoms. The Morgan fingerprint density at radius 3 is 2.77 bits per heavy atom. The van der Waals surface area contributed by atoms with E-state index in [4.69, 9.17) is 4.42 Å².